The first-order chi connectivity index (χ1) is 8.25. The van der Waals surface area contributed by atoms with Crippen molar-refractivity contribution in [1.82, 2.24) is 9.78 Å². The largest absolute Gasteiger partial charge is 0.379 e. The van der Waals surface area contributed by atoms with Crippen LogP contribution < -0.4 is 5.32 Å². The van der Waals surface area contributed by atoms with Gasteiger partial charge in [0.05, 0.1) is 11.4 Å². The molecule has 0 unspecified atom stereocenters. The molecule has 0 aliphatic heterocycles. The number of rotatable bonds is 4. The summed E-state index contributed by atoms with van der Waals surface area (Å²) in [6, 6.07) is 10.3. The molecular formula is C14H17N3. The third-order valence-corrected chi connectivity index (χ3v) is 2.53. The first-order valence-electron chi connectivity index (χ1n) is 5.71. The third-order valence-electron chi connectivity index (χ3n) is 2.53. The van der Waals surface area contributed by atoms with E-state index in [1.807, 2.05) is 43.0 Å². The van der Waals surface area contributed by atoms with Crippen LogP contribution in [0.3, 0.4) is 0 Å². The van der Waals surface area contributed by atoms with Gasteiger partial charge in [0.2, 0.25) is 0 Å². The van der Waals surface area contributed by atoms with Gasteiger partial charge in [0.15, 0.2) is 0 Å². The molecule has 0 bridgehead atoms. The lowest BCUT2D eigenvalue weighted by Gasteiger charge is -1.99. The van der Waals surface area contributed by atoms with Gasteiger partial charge < -0.3 is 5.32 Å². The molecule has 17 heavy (non-hydrogen) atoms. The molecule has 0 aliphatic rings. The quantitative estimate of drug-likeness (QED) is 0.870. The van der Waals surface area contributed by atoms with Gasteiger partial charge in [-0.05, 0) is 12.5 Å². The average Bonchev–Trinajstić information content (AvgIpc) is 2.65. The van der Waals surface area contributed by atoms with Gasteiger partial charge >= 0.3 is 0 Å². The molecule has 3 heteroatoms. The zero-order valence-corrected chi connectivity index (χ0v) is 10.2. The molecule has 2 rings (SSSR count). The summed E-state index contributed by atoms with van der Waals surface area (Å²) in [5, 5.41) is 7.61. The Kier molecular flexibility index (Phi) is 3.60. The van der Waals surface area contributed by atoms with E-state index in [1.165, 1.54) is 5.56 Å². The van der Waals surface area contributed by atoms with Crippen molar-refractivity contribution in [1.29, 1.82) is 0 Å². The first kappa shape index (κ1) is 11.5. The highest BCUT2D eigenvalue weighted by molar-refractivity contribution is 5.51. The van der Waals surface area contributed by atoms with E-state index in [0.29, 0.717) is 0 Å². The van der Waals surface area contributed by atoms with Crippen molar-refractivity contribution in [3.63, 3.8) is 0 Å². The van der Waals surface area contributed by atoms with Crippen LogP contribution in [0.2, 0.25) is 0 Å². The monoisotopic (exact) mass is 227 g/mol. The minimum atomic E-state index is 0.807. The summed E-state index contributed by atoms with van der Waals surface area (Å²) in [7, 11) is 1.93. The van der Waals surface area contributed by atoms with Crippen LogP contribution >= 0.6 is 0 Å². The highest BCUT2D eigenvalue weighted by atomic mass is 15.3. The van der Waals surface area contributed by atoms with Gasteiger partial charge in [-0.15, -0.1) is 0 Å². The van der Waals surface area contributed by atoms with E-state index in [4.69, 9.17) is 0 Å². The van der Waals surface area contributed by atoms with Crippen LogP contribution in [0.4, 0.5) is 5.69 Å². The number of nitrogens with one attached hydrogen (secondary N) is 1. The minimum Gasteiger partial charge on any atom is -0.379 e. The SMILES string of the molecule is Cc1nn(C)cc1NC/C=C/c1ccccc1. The summed E-state index contributed by atoms with van der Waals surface area (Å²) in [6.07, 6.45) is 6.21. The number of benzene rings is 1. The fourth-order valence-electron chi connectivity index (χ4n) is 1.70. The smallest absolute Gasteiger partial charge is 0.0825 e. The van der Waals surface area contributed by atoms with Crippen LogP contribution in [0.1, 0.15) is 11.3 Å². The van der Waals surface area contributed by atoms with Crippen molar-refractivity contribution in [3.8, 4) is 0 Å². The Bertz CT molecular complexity index is 497. The first-order valence-corrected chi connectivity index (χ1v) is 5.71. The summed E-state index contributed by atoms with van der Waals surface area (Å²) in [6.45, 7) is 2.81. The summed E-state index contributed by atoms with van der Waals surface area (Å²) in [4.78, 5) is 0. The molecule has 3 nitrogen and oxygen atoms in total. The predicted octanol–water partition coefficient (Wildman–Crippen LogP) is 2.85. The number of hydrogen-bond acceptors (Lipinski definition) is 2. The molecule has 0 saturated carbocycles. The Morgan fingerprint density at radius 1 is 1.29 bits per heavy atom. The molecule has 88 valence electrons. The van der Waals surface area contributed by atoms with Crippen molar-refractivity contribution in [3.05, 3.63) is 53.9 Å². The Hall–Kier alpha value is -2.03. The fourth-order valence-corrected chi connectivity index (χ4v) is 1.70. The molecule has 0 saturated heterocycles. The van der Waals surface area contributed by atoms with Gasteiger partial charge in [-0.2, -0.15) is 5.10 Å². The Labute approximate surface area is 102 Å². The van der Waals surface area contributed by atoms with Gasteiger partial charge in [0.25, 0.3) is 0 Å². The molecular weight excluding hydrogens is 210 g/mol. The average molecular weight is 227 g/mol. The number of aryl methyl sites for hydroxylation is 2. The second kappa shape index (κ2) is 5.34. The van der Waals surface area contributed by atoms with Gasteiger partial charge in [0, 0.05) is 19.8 Å². The maximum Gasteiger partial charge on any atom is 0.0825 e. The molecule has 1 aromatic carbocycles. The van der Waals surface area contributed by atoms with E-state index in [-0.39, 0.29) is 0 Å². The summed E-state index contributed by atoms with van der Waals surface area (Å²) in [5.41, 5.74) is 3.34. The second-order valence-corrected chi connectivity index (χ2v) is 4.00. The Morgan fingerprint density at radius 3 is 2.71 bits per heavy atom. The lowest BCUT2D eigenvalue weighted by atomic mass is 10.2. The van der Waals surface area contributed by atoms with Crippen molar-refractivity contribution in [2.24, 2.45) is 7.05 Å². The maximum atomic E-state index is 4.28. The van der Waals surface area contributed by atoms with Gasteiger partial charge in [0.1, 0.15) is 0 Å². The molecule has 2 aromatic rings. The molecule has 0 aliphatic carbocycles. The lowest BCUT2D eigenvalue weighted by molar-refractivity contribution is 0.756. The topological polar surface area (TPSA) is 29.9 Å². The van der Waals surface area contributed by atoms with Crippen LogP contribution in [-0.4, -0.2) is 16.3 Å². The number of hydrogen-bond donors (Lipinski definition) is 1. The van der Waals surface area contributed by atoms with Crippen molar-refractivity contribution in [2.45, 2.75) is 6.92 Å². The van der Waals surface area contributed by atoms with Crippen LogP contribution in [0.5, 0.6) is 0 Å². The number of nitrogens with zero attached hydrogens (tertiary/aromatic N) is 2. The maximum absolute atomic E-state index is 4.28. The minimum absolute atomic E-state index is 0.807. The van der Waals surface area contributed by atoms with Gasteiger partial charge in [-0.1, -0.05) is 42.5 Å². The number of aromatic nitrogens is 2. The fraction of sp³-hybridized carbons (Fsp3) is 0.214. The zero-order valence-electron chi connectivity index (χ0n) is 10.2. The van der Waals surface area contributed by atoms with Crippen molar-refractivity contribution < 1.29 is 0 Å². The Morgan fingerprint density at radius 2 is 2.06 bits per heavy atom. The van der Waals surface area contributed by atoms with Gasteiger partial charge in [-0.3, -0.25) is 4.68 Å². The van der Waals surface area contributed by atoms with Crippen LogP contribution in [-0.2, 0) is 7.05 Å². The second-order valence-electron chi connectivity index (χ2n) is 4.00. The van der Waals surface area contributed by atoms with E-state index in [9.17, 15) is 0 Å². The highest BCUT2D eigenvalue weighted by Crippen LogP contribution is 2.10. The highest BCUT2D eigenvalue weighted by Gasteiger charge is 1.99. The molecule has 1 heterocycles. The van der Waals surface area contributed by atoms with Crippen LogP contribution in [0.15, 0.2) is 42.6 Å². The Balaban J connectivity index is 1.88. The van der Waals surface area contributed by atoms with Gasteiger partial charge in [-0.25, -0.2) is 0 Å². The summed E-state index contributed by atoms with van der Waals surface area (Å²) < 4.78 is 1.82. The molecule has 0 spiro atoms. The molecule has 0 fully saturated rings. The predicted molar refractivity (Wildman–Crippen MR) is 71.9 cm³/mol. The lowest BCUT2D eigenvalue weighted by Crippen LogP contribution is -1.98. The summed E-state index contributed by atoms with van der Waals surface area (Å²) in [5.74, 6) is 0. The van der Waals surface area contributed by atoms with E-state index >= 15 is 0 Å². The molecule has 0 amide bonds. The number of anilines is 1. The summed E-state index contributed by atoms with van der Waals surface area (Å²) >= 11 is 0. The van der Waals surface area contributed by atoms with Crippen LogP contribution in [0, 0.1) is 6.92 Å². The molecule has 0 radical (unpaired) electrons. The van der Waals surface area contributed by atoms with E-state index in [1.54, 1.807) is 0 Å². The normalized spacial score (nSPS) is 10.9. The molecule has 0 atom stereocenters. The van der Waals surface area contributed by atoms with Crippen molar-refractivity contribution >= 4 is 11.8 Å². The van der Waals surface area contributed by atoms with Crippen LogP contribution in [0.25, 0.3) is 6.08 Å². The van der Waals surface area contributed by atoms with E-state index in [2.05, 4.69) is 34.7 Å². The molecule has 1 N–H and O–H groups in total. The van der Waals surface area contributed by atoms with E-state index in [0.717, 1.165) is 17.9 Å². The van der Waals surface area contributed by atoms with E-state index < -0.39 is 0 Å². The van der Waals surface area contributed by atoms with Crippen molar-refractivity contribution in [2.75, 3.05) is 11.9 Å². The standard InChI is InChI=1S/C14H17N3/c1-12-14(11-17(2)16-12)15-10-6-9-13-7-4-3-5-8-13/h3-9,11,15H,10H2,1-2H3/b9-6+. The molecule has 1 aromatic heterocycles. The third kappa shape index (κ3) is 3.21. The zero-order chi connectivity index (χ0) is 12.1.